The maximum Gasteiger partial charge on any atom is 0.313 e. The zero-order valence-corrected chi connectivity index (χ0v) is 12.4. The van der Waals surface area contributed by atoms with Gasteiger partial charge >= 0.3 is 5.97 Å². The van der Waals surface area contributed by atoms with Crippen molar-refractivity contribution in [2.45, 2.75) is 12.1 Å². The van der Waals surface area contributed by atoms with Gasteiger partial charge in [-0.25, -0.2) is 0 Å². The van der Waals surface area contributed by atoms with Crippen molar-refractivity contribution >= 4 is 29.4 Å². The fraction of sp³-hybridized carbons (Fsp3) is 0.308. The predicted molar refractivity (Wildman–Crippen MR) is 78.6 cm³/mol. The topological polar surface area (TPSA) is 71.2 Å². The van der Waals surface area contributed by atoms with E-state index < -0.39 is 5.97 Å². The molecular formula is C13H16N4O2S. The van der Waals surface area contributed by atoms with E-state index in [9.17, 15) is 4.79 Å². The lowest BCUT2D eigenvalue weighted by molar-refractivity contribution is -0.133. The van der Waals surface area contributed by atoms with Gasteiger partial charge < -0.3 is 10.0 Å². The van der Waals surface area contributed by atoms with Crippen molar-refractivity contribution in [2.24, 2.45) is 7.05 Å². The summed E-state index contributed by atoms with van der Waals surface area (Å²) in [4.78, 5) is 12.5. The minimum absolute atomic E-state index is 0.0276. The van der Waals surface area contributed by atoms with Gasteiger partial charge in [-0.3, -0.25) is 9.36 Å². The Labute approximate surface area is 121 Å². The number of anilines is 2. The first-order valence-electron chi connectivity index (χ1n) is 6.03. The van der Waals surface area contributed by atoms with E-state index in [1.807, 2.05) is 44.1 Å². The van der Waals surface area contributed by atoms with Gasteiger partial charge in [-0.1, -0.05) is 23.9 Å². The van der Waals surface area contributed by atoms with Gasteiger partial charge in [0.2, 0.25) is 5.95 Å². The van der Waals surface area contributed by atoms with Crippen LogP contribution in [0.4, 0.5) is 11.6 Å². The van der Waals surface area contributed by atoms with Crippen LogP contribution in [0.1, 0.15) is 5.56 Å². The maximum absolute atomic E-state index is 10.6. The van der Waals surface area contributed by atoms with Crippen molar-refractivity contribution in [2.75, 3.05) is 17.7 Å². The first-order valence-corrected chi connectivity index (χ1v) is 7.02. The number of nitrogens with zero attached hydrogens (tertiary/aromatic N) is 4. The number of benzene rings is 1. The summed E-state index contributed by atoms with van der Waals surface area (Å²) >= 11 is 1.15. The summed E-state index contributed by atoms with van der Waals surface area (Å²) in [5.74, 6) is -0.227. The molecule has 20 heavy (non-hydrogen) atoms. The fourth-order valence-corrected chi connectivity index (χ4v) is 2.43. The average molecular weight is 292 g/mol. The minimum atomic E-state index is -0.869. The summed E-state index contributed by atoms with van der Waals surface area (Å²) in [6.07, 6.45) is 0. The van der Waals surface area contributed by atoms with Crippen LogP contribution >= 0.6 is 11.8 Å². The van der Waals surface area contributed by atoms with Crippen LogP contribution in [0, 0.1) is 6.92 Å². The second-order valence-corrected chi connectivity index (χ2v) is 5.36. The van der Waals surface area contributed by atoms with Gasteiger partial charge in [0.05, 0.1) is 5.75 Å². The first-order chi connectivity index (χ1) is 9.49. The number of aliphatic carboxylic acids is 1. The number of thioether (sulfide) groups is 1. The third kappa shape index (κ3) is 3.11. The molecule has 2 aromatic rings. The van der Waals surface area contributed by atoms with Crippen LogP contribution in [0.3, 0.4) is 0 Å². The molecule has 6 nitrogen and oxygen atoms in total. The monoisotopic (exact) mass is 292 g/mol. The van der Waals surface area contributed by atoms with Gasteiger partial charge in [-0.15, -0.1) is 10.2 Å². The van der Waals surface area contributed by atoms with E-state index in [1.165, 1.54) is 0 Å². The average Bonchev–Trinajstić information content (AvgIpc) is 2.77. The van der Waals surface area contributed by atoms with E-state index >= 15 is 0 Å². The molecule has 1 N–H and O–H groups in total. The molecule has 0 aliphatic carbocycles. The lowest BCUT2D eigenvalue weighted by atomic mass is 10.2. The van der Waals surface area contributed by atoms with Gasteiger partial charge in [0, 0.05) is 19.8 Å². The molecule has 0 amide bonds. The summed E-state index contributed by atoms with van der Waals surface area (Å²) in [5, 5.41) is 17.4. The van der Waals surface area contributed by atoms with Crippen LogP contribution in [-0.2, 0) is 11.8 Å². The molecule has 0 unspecified atom stereocenters. The van der Waals surface area contributed by atoms with Gasteiger partial charge in [-0.05, 0) is 24.6 Å². The molecule has 0 radical (unpaired) electrons. The molecule has 1 aromatic heterocycles. The van der Waals surface area contributed by atoms with Crippen molar-refractivity contribution in [1.82, 2.24) is 14.8 Å². The van der Waals surface area contributed by atoms with Crippen LogP contribution in [0.5, 0.6) is 0 Å². The van der Waals surface area contributed by atoms with E-state index in [2.05, 4.69) is 16.3 Å². The van der Waals surface area contributed by atoms with E-state index in [-0.39, 0.29) is 5.75 Å². The van der Waals surface area contributed by atoms with Crippen molar-refractivity contribution in [3.63, 3.8) is 0 Å². The molecule has 0 aliphatic rings. The molecule has 0 fully saturated rings. The first kappa shape index (κ1) is 14.4. The van der Waals surface area contributed by atoms with Gasteiger partial charge in [0.1, 0.15) is 0 Å². The third-order valence-corrected chi connectivity index (χ3v) is 3.83. The summed E-state index contributed by atoms with van der Waals surface area (Å²) in [5.41, 5.74) is 2.17. The zero-order chi connectivity index (χ0) is 14.7. The molecule has 0 aliphatic heterocycles. The van der Waals surface area contributed by atoms with Crippen molar-refractivity contribution in [1.29, 1.82) is 0 Å². The van der Waals surface area contributed by atoms with Crippen LogP contribution in [0.2, 0.25) is 0 Å². The molecule has 2 rings (SSSR count). The van der Waals surface area contributed by atoms with Crippen LogP contribution in [0.15, 0.2) is 29.4 Å². The van der Waals surface area contributed by atoms with E-state index in [0.717, 1.165) is 23.0 Å². The molecule has 1 aromatic carbocycles. The number of carboxylic acid groups (broad SMARTS) is 1. The molecule has 106 valence electrons. The van der Waals surface area contributed by atoms with Crippen LogP contribution < -0.4 is 4.90 Å². The summed E-state index contributed by atoms with van der Waals surface area (Å²) < 4.78 is 1.79. The Bertz CT molecular complexity index is 627. The number of aromatic nitrogens is 3. The molecule has 0 spiro atoms. The highest BCUT2D eigenvalue weighted by molar-refractivity contribution is 7.99. The maximum atomic E-state index is 10.6. The normalized spacial score (nSPS) is 10.6. The molecular weight excluding hydrogens is 276 g/mol. The molecule has 1 heterocycles. The van der Waals surface area contributed by atoms with Crippen LogP contribution in [0.25, 0.3) is 0 Å². The zero-order valence-electron chi connectivity index (χ0n) is 11.6. The lowest BCUT2D eigenvalue weighted by Crippen LogP contribution is -2.14. The number of carbonyl (C=O) groups is 1. The molecule has 0 bridgehead atoms. The lowest BCUT2D eigenvalue weighted by Gasteiger charge is -2.18. The van der Waals surface area contributed by atoms with Crippen molar-refractivity contribution < 1.29 is 9.90 Å². The summed E-state index contributed by atoms with van der Waals surface area (Å²) in [6.45, 7) is 2.03. The second kappa shape index (κ2) is 5.96. The fourth-order valence-electron chi connectivity index (χ4n) is 1.80. The Morgan fingerprint density at radius 1 is 1.45 bits per heavy atom. The molecule has 0 saturated heterocycles. The summed E-state index contributed by atoms with van der Waals surface area (Å²) in [7, 11) is 3.73. The van der Waals surface area contributed by atoms with E-state index in [1.54, 1.807) is 4.57 Å². The standard InChI is InChI=1S/C13H16N4O2S/c1-9-5-4-6-10(7-9)16(2)12-14-15-13(17(12)3)20-8-11(18)19/h4-7H,8H2,1-3H3,(H,18,19). The predicted octanol–water partition coefficient (Wildman–Crippen LogP) is 2.07. The van der Waals surface area contributed by atoms with E-state index in [4.69, 9.17) is 5.11 Å². The second-order valence-electron chi connectivity index (χ2n) is 4.42. The van der Waals surface area contributed by atoms with Crippen LogP contribution in [-0.4, -0.2) is 38.6 Å². The Hall–Kier alpha value is -2.02. The third-order valence-electron chi connectivity index (χ3n) is 2.83. The Morgan fingerprint density at radius 3 is 2.85 bits per heavy atom. The Morgan fingerprint density at radius 2 is 2.20 bits per heavy atom. The highest BCUT2D eigenvalue weighted by Gasteiger charge is 2.15. The largest absolute Gasteiger partial charge is 0.481 e. The molecule has 7 heteroatoms. The van der Waals surface area contributed by atoms with Crippen molar-refractivity contribution in [3.8, 4) is 0 Å². The Kier molecular flexibility index (Phi) is 4.29. The molecule has 0 atom stereocenters. The number of rotatable bonds is 5. The number of hydrogen-bond acceptors (Lipinski definition) is 5. The number of hydrogen-bond donors (Lipinski definition) is 1. The molecule has 0 saturated carbocycles. The Balaban J connectivity index is 2.22. The number of aryl methyl sites for hydroxylation is 1. The highest BCUT2D eigenvalue weighted by Crippen LogP contribution is 2.25. The smallest absolute Gasteiger partial charge is 0.313 e. The van der Waals surface area contributed by atoms with Gasteiger partial charge in [0.15, 0.2) is 5.16 Å². The van der Waals surface area contributed by atoms with E-state index in [0.29, 0.717) is 11.1 Å². The van der Waals surface area contributed by atoms with Crippen molar-refractivity contribution in [3.05, 3.63) is 29.8 Å². The SMILES string of the molecule is Cc1cccc(N(C)c2nnc(SCC(=O)O)n2C)c1. The van der Waals surface area contributed by atoms with Gasteiger partial charge in [-0.2, -0.15) is 0 Å². The van der Waals surface area contributed by atoms with Gasteiger partial charge in [0.25, 0.3) is 0 Å². The highest BCUT2D eigenvalue weighted by atomic mass is 32.2. The quantitative estimate of drug-likeness (QED) is 0.851. The minimum Gasteiger partial charge on any atom is -0.481 e. The number of carboxylic acids is 1. The summed E-state index contributed by atoms with van der Waals surface area (Å²) in [6, 6.07) is 8.06.